The third-order valence-corrected chi connectivity index (χ3v) is 4.14. The molecule has 1 heterocycles. The lowest BCUT2D eigenvalue weighted by Gasteiger charge is -2.05. The van der Waals surface area contributed by atoms with Crippen molar-refractivity contribution in [3.63, 3.8) is 0 Å². The SMILES string of the molecule is CCOC(=O)C=Cc1ccc(NC(=O)C2CC2c2ccncc2)cc1. The Balaban J connectivity index is 1.54. The molecule has 128 valence electrons. The molecule has 2 unspecified atom stereocenters. The molecule has 1 aliphatic rings. The van der Waals surface area contributed by atoms with Crippen molar-refractivity contribution in [3.05, 3.63) is 66.0 Å². The second kappa shape index (κ2) is 7.75. The first-order valence-corrected chi connectivity index (χ1v) is 8.33. The highest BCUT2D eigenvalue weighted by Crippen LogP contribution is 2.47. The number of nitrogens with zero attached hydrogens (tertiary/aromatic N) is 1. The molecule has 1 aromatic heterocycles. The van der Waals surface area contributed by atoms with Crippen LogP contribution in [0, 0.1) is 5.92 Å². The lowest BCUT2D eigenvalue weighted by molar-refractivity contribution is -0.137. The number of benzene rings is 1. The Labute approximate surface area is 146 Å². The van der Waals surface area contributed by atoms with Crippen LogP contribution in [0.25, 0.3) is 6.08 Å². The van der Waals surface area contributed by atoms with Gasteiger partial charge < -0.3 is 10.1 Å². The first kappa shape index (κ1) is 16.9. The van der Waals surface area contributed by atoms with Crippen LogP contribution in [-0.2, 0) is 14.3 Å². The minimum atomic E-state index is -0.365. The molecule has 1 aliphatic carbocycles. The maximum Gasteiger partial charge on any atom is 0.330 e. The summed E-state index contributed by atoms with van der Waals surface area (Å²) in [5.74, 6) is -0.0204. The number of pyridine rings is 1. The normalized spacial score (nSPS) is 18.8. The number of ether oxygens (including phenoxy) is 1. The molecule has 25 heavy (non-hydrogen) atoms. The first-order chi connectivity index (χ1) is 12.2. The van der Waals surface area contributed by atoms with Crippen LogP contribution in [0.2, 0.25) is 0 Å². The van der Waals surface area contributed by atoms with Gasteiger partial charge in [-0.1, -0.05) is 12.1 Å². The van der Waals surface area contributed by atoms with Gasteiger partial charge in [-0.3, -0.25) is 9.78 Å². The van der Waals surface area contributed by atoms with Crippen molar-refractivity contribution < 1.29 is 14.3 Å². The molecule has 1 saturated carbocycles. The largest absolute Gasteiger partial charge is 0.463 e. The van der Waals surface area contributed by atoms with Gasteiger partial charge in [-0.25, -0.2) is 4.79 Å². The zero-order valence-electron chi connectivity index (χ0n) is 14.0. The molecule has 0 saturated heterocycles. The molecule has 0 spiro atoms. The third kappa shape index (κ3) is 4.53. The number of nitrogens with one attached hydrogen (secondary N) is 1. The molecule has 5 nitrogen and oxygen atoms in total. The summed E-state index contributed by atoms with van der Waals surface area (Å²) in [6, 6.07) is 11.3. The Hall–Kier alpha value is -2.95. The van der Waals surface area contributed by atoms with E-state index in [0.29, 0.717) is 6.61 Å². The molecule has 0 radical (unpaired) electrons. The number of hydrogen-bond acceptors (Lipinski definition) is 4. The molecule has 5 heteroatoms. The molecule has 2 atom stereocenters. The van der Waals surface area contributed by atoms with E-state index in [4.69, 9.17) is 4.74 Å². The van der Waals surface area contributed by atoms with E-state index in [9.17, 15) is 9.59 Å². The van der Waals surface area contributed by atoms with Crippen molar-refractivity contribution in [2.24, 2.45) is 5.92 Å². The van der Waals surface area contributed by atoms with E-state index in [-0.39, 0.29) is 23.7 Å². The van der Waals surface area contributed by atoms with Crippen LogP contribution in [0.1, 0.15) is 30.4 Å². The second-order valence-electron chi connectivity index (χ2n) is 5.93. The number of carbonyl (C=O) groups is 2. The highest BCUT2D eigenvalue weighted by molar-refractivity contribution is 5.95. The molecule has 0 bridgehead atoms. The molecular weight excluding hydrogens is 316 g/mol. The maximum absolute atomic E-state index is 12.3. The minimum Gasteiger partial charge on any atom is -0.463 e. The number of hydrogen-bond donors (Lipinski definition) is 1. The number of carbonyl (C=O) groups excluding carboxylic acids is 2. The number of esters is 1. The molecule has 1 N–H and O–H groups in total. The van der Waals surface area contributed by atoms with Crippen molar-refractivity contribution in [2.45, 2.75) is 19.3 Å². The van der Waals surface area contributed by atoms with Gasteiger partial charge in [0.25, 0.3) is 0 Å². The van der Waals surface area contributed by atoms with Gasteiger partial charge in [0.15, 0.2) is 0 Å². The van der Waals surface area contributed by atoms with E-state index in [1.54, 1.807) is 25.4 Å². The van der Waals surface area contributed by atoms with Gasteiger partial charge >= 0.3 is 5.97 Å². The standard InChI is InChI=1S/C20H20N2O3/c1-2-25-19(23)8-5-14-3-6-16(7-4-14)22-20(24)18-13-17(18)15-9-11-21-12-10-15/h3-12,17-18H,2,13H2,1H3,(H,22,24). The van der Waals surface area contributed by atoms with E-state index >= 15 is 0 Å². The van der Waals surface area contributed by atoms with Gasteiger partial charge in [0.1, 0.15) is 0 Å². The lowest BCUT2D eigenvalue weighted by Crippen LogP contribution is -2.14. The molecule has 1 aromatic carbocycles. The number of aromatic nitrogens is 1. The highest BCUT2D eigenvalue weighted by Gasteiger charge is 2.43. The summed E-state index contributed by atoms with van der Waals surface area (Å²) in [4.78, 5) is 27.6. The van der Waals surface area contributed by atoms with Crippen LogP contribution in [0.3, 0.4) is 0 Å². The van der Waals surface area contributed by atoms with Crippen LogP contribution in [-0.4, -0.2) is 23.5 Å². The van der Waals surface area contributed by atoms with Crippen LogP contribution in [0.15, 0.2) is 54.9 Å². The van der Waals surface area contributed by atoms with Gasteiger partial charge in [-0.2, -0.15) is 0 Å². The van der Waals surface area contributed by atoms with Gasteiger partial charge in [-0.15, -0.1) is 0 Å². The Kier molecular flexibility index (Phi) is 5.23. The Morgan fingerprint density at radius 1 is 1.20 bits per heavy atom. The lowest BCUT2D eigenvalue weighted by atomic mass is 10.1. The minimum absolute atomic E-state index is 0.0192. The average Bonchev–Trinajstić information content (AvgIpc) is 3.43. The summed E-state index contributed by atoms with van der Waals surface area (Å²) in [5, 5.41) is 2.95. The van der Waals surface area contributed by atoms with Crippen molar-refractivity contribution in [2.75, 3.05) is 11.9 Å². The molecular formula is C20H20N2O3. The zero-order valence-corrected chi connectivity index (χ0v) is 14.0. The van der Waals surface area contributed by atoms with Crippen LogP contribution < -0.4 is 5.32 Å². The number of anilines is 1. The van der Waals surface area contributed by atoms with E-state index in [2.05, 4.69) is 10.3 Å². The van der Waals surface area contributed by atoms with Crippen LogP contribution in [0.5, 0.6) is 0 Å². The summed E-state index contributed by atoms with van der Waals surface area (Å²) >= 11 is 0. The van der Waals surface area contributed by atoms with Crippen molar-refractivity contribution in [3.8, 4) is 0 Å². The van der Waals surface area contributed by atoms with Crippen LogP contribution >= 0.6 is 0 Å². The fourth-order valence-corrected chi connectivity index (χ4v) is 2.73. The average molecular weight is 336 g/mol. The summed E-state index contributed by atoms with van der Waals surface area (Å²) in [5.41, 5.74) is 2.78. The molecule has 2 aromatic rings. The van der Waals surface area contributed by atoms with Gasteiger partial charge in [-0.05, 0) is 60.7 Å². The Morgan fingerprint density at radius 3 is 2.60 bits per heavy atom. The van der Waals surface area contributed by atoms with Gasteiger partial charge in [0.2, 0.25) is 5.91 Å². The molecule has 0 aliphatic heterocycles. The van der Waals surface area contributed by atoms with Gasteiger partial charge in [0, 0.05) is 30.1 Å². The summed E-state index contributed by atoms with van der Waals surface area (Å²) in [7, 11) is 0. The van der Waals surface area contributed by atoms with E-state index < -0.39 is 0 Å². The van der Waals surface area contributed by atoms with Crippen molar-refractivity contribution >= 4 is 23.6 Å². The third-order valence-electron chi connectivity index (χ3n) is 4.14. The predicted molar refractivity (Wildman–Crippen MR) is 95.8 cm³/mol. The predicted octanol–water partition coefficient (Wildman–Crippen LogP) is 3.40. The molecule has 3 rings (SSSR count). The zero-order chi connectivity index (χ0) is 17.6. The topological polar surface area (TPSA) is 68.3 Å². The maximum atomic E-state index is 12.3. The smallest absolute Gasteiger partial charge is 0.330 e. The van der Waals surface area contributed by atoms with Crippen LogP contribution in [0.4, 0.5) is 5.69 Å². The Morgan fingerprint density at radius 2 is 1.92 bits per heavy atom. The monoisotopic (exact) mass is 336 g/mol. The quantitative estimate of drug-likeness (QED) is 0.648. The van der Waals surface area contributed by atoms with Crippen molar-refractivity contribution in [1.29, 1.82) is 0 Å². The molecule has 1 fully saturated rings. The fourth-order valence-electron chi connectivity index (χ4n) is 2.73. The number of rotatable bonds is 6. The van der Waals surface area contributed by atoms with Crippen molar-refractivity contribution in [1.82, 2.24) is 4.98 Å². The van der Waals surface area contributed by atoms with Gasteiger partial charge in [0.05, 0.1) is 6.61 Å². The number of amides is 1. The van der Waals surface area contributed by atoms with E-state index in [1.165, 1.54) is 6.08 Å². The second-order valence-corrected chi connectivity index (χ2v) is 5.93. The Bertz CT molecular complexity index is 769. The van der Waals surface area contributed by atoms with E-state index in [1.807, 2.05) is 36.4 Å². The first-order valence-electron chi connectivity index (χ1n) is 8.33. The fraction of sp³-hybridized carbons (Fsp3) is 0.250. The summed E-state index contributed by atoms with van der Waals surface area (Å²) in [6.07, 6.45) is 7.46. The summed E-state index contributed by atoms with van der Waals surface area (Å²) in [6.45, 7) is 2.12. The van der Waals surface area contributed by atoms with E-state index in [0.717, 1.165) is 23.2 Å². The summed E-state index contributed by atoms with van der Waals surface area (Å²) < 4.78 is 4.83. The highest BCUT2D eigenvalue weighted by atomic mass is 16.5. The molecule has 1 amide bonds.